The van der Waals surface area contributed by atoms with Crippen molar-refractivity contribution < 1.29 is 19.1 Å². The minimum Gasteiger partial charge on any atom is -0.497 e. The van der Waals surface area contributed by atoms with Gasteiger partial charge in [-0.05, 0) is 36.2 Å². The molecule has 2 aromatic carbocycles. The molecular weight excluding hydrogens is 420 g/mol. The highest BCUT2D eigenvalue weighted by molar-refractivity contribution is 5.97. The lowest BCUT2D eigenvalue weighted by molar-refractivity contribution is -0.133. The average Bonchev–Trinajstić information content (AvgIpc) is 3.22. The lowest BCUT2D eigenvalue weighted by Crippen LogP contribution is -2.42. The van der Waals surface area contributed by atoms with E-state index in [2.05, 4.69) is 10.4 Å². The number of nitrogens with one attached hydrogen (secondary N) is 1. The van der Waals surface area contributed by atoms with E-state index < -0.39 is 5.92 Å². The molecule has 1 aliphatic heterocycles. The Kier molecular flexibility index (Phi) is 6.63. The van der Waals surface area contributed by atoms with Crippen LogP contribution in [-0.2, 0) is 29.6 Å². The zero-order valence-corrected chi connectivity index (χ0v) is 19.1. The molecule has 8 heteroatoms. The number of nitrogens with zero attached hydrogens (tertiary/aromatic N) is 3. The van der Waals surface area contributed by atoms with Crippen LogP contribution in [0.1, 0.15) is 29.2 Å². The molecule has 0 saturated heterocycles. The quantitative estimate of drug-likeness (QED) is 0.600. The molecule has 1 atom stereocenters. The van der Waals surface area contributed by atoms with Crippen LogP contribution in [0.3, 0.4) is 0 Å². The molecule has 1 aliphatic rings. The van der Waals surface area contributed by atoms with Gasteiger partial charge < -0.3 is 19.7 Å². The summed E-state index contributed by atoms with van der Waals surface area (Å²) in [4.78, 5) is 28.1. The third-order valence-corrected chi connectivity index (χ3v) is 5.85. The van der Waals surface area contributed by atoms with E-state index in [-0.39, 0.29) is 18.4 Å². The van der Waals surface area contributed by atoms with Crippen molar-refractivity contribution in [1.29, 1.82) is 0 Å². The minimum absolute atomic E-state index is 0.00964. The molecular formula is C25H28N4O4. The Balaban J connectivity index is 1.48. The Morgan fingerprint density at radius 3 is 2.58 bits per heavy atom. The number of carbonyl (C=O) groups excluding carboxylic acids is 2. The maximum Gasteiger partial charge on any atom is 0.235 e. The molecule has 2 heterocycles. The number of carbonyl (C=O) groups is 2. The molecule has 33 heavy (non-hydrogen) atoms. The number of hydrogen-bond donors (Lipinski definition) is 1. The first kappa shape index (κ1) is 22.4. The molecule has 0 bridgehead atoms. The van der Waals surface area contributed by atoms with E-state index >= 15 is 0 Å². The number of methoxy groups -OCH3 is 2. The van der Waals surface area contributed by atoms with Gasteiger partial charge >= 0.3 is 0 Å². The fourth-order valence-corrected chi connectivity index (χ4v) is 4.11. The second kappa shape index (κ2) is 9.77. The van der Waals surface area contributed by atoms with Crippen molar-refractivity contribution in [3.63, 3.8) is 0 Å². The third-order valence-electron chi connectivity index (χ3n) is 5.85. The van der Waals surface area contributed by atoms with Crippen LogP contribution in [0.4, 0.5) is 5.69 Å². The minimum atomic E-state index is -0.565. The van der Waals surface area contributed by atoms with E-state index in [0.717, 1.165) is 16.9 Å². The molecule has 4 rings (SSSR count). The average molecular weight is 449 g/mol. The number of aromatic nitrogens is 2. The van der Waals surface area contributed by atoms with Crippen molar-refractivity contribution in [3.05, 3.63) is 71.5 Å². The summed E-state index contributed by atoms with van der Waals surface area (Å²) in [5.74, 6) is 0.594. The summed E-state index contributed by atoms with van der Waals surface area (Å²) in [6.07, 6.45) is 2.86. The highest BCUT2D eigenvalue weighted by atomic mass is 16.5. The summed E-state index contributed by atoms with van der Waals surface area (Å²) in [5.41, 5.74) is 3.25. The highest BCUT2D eigenvalue weighted by Gasteiger charge is 2.35. The van der Waals surface area contributed by atoms with Crippen LogP contribution in [0, 0.1) is 0 Å². The van der Waals surface area contributed by atoms with Gasteiger partial charge in [-0.1, -0.05) is 24.3 Å². The number of aryl methyl sites for hydroxylation is 2. The van der Waals surface area contributed by atoms with Gasteiger partial charge in [-0.25, -0.2) is 0 Å². The number of benzene rings is 2. The molecule has 0 saturated carbocycles. The summed E-state index contributed by atoms with van der Waals surface area (Å²) in [6, 6.07) is 15.0. The van der Waals surface area contributed by atoms with E-state index in [1.165, 1.54) is 0 Å². The number of ether oxygens (including phenoxy) is 2. The first-order valence-corrected chi connectivity index (χ1v) is 10.9. The Morgan fingerprint density at radius 2 is 1.85 bits per heavy atom. The molecule has 8 nitrogen and oxygen atoms in total. The largest absolute Gasteiger partial charge is 0.497 e. The van der Waals surface area contributed by atoms with Crippen LogP contribution in [0.5, 0.6) is 11.5 Å². The molecule has 0 spiro atoms. The normalized spacial score (nSPS) is 15.0. The predicted octanol–water partition coefficient (Wildman–Crippen LogP) is 3.13. The Morgan fingerprint density at radius 1 is 1.09 bits per heavy atom. The third kappa shape index (κ3) is 5.00. The van der Waals surface area contributed by atoms with Gasteiger partial charge in [0, 0.05) is 38.3 Å². The van der Waals surface area contributed by atoms with Gasteiger partial charge in [-0.3, -0.25) is 14.3 Å². The Hall–Kier alpha value is -3.81. The van der Waals surface area contributed by atoms with Crippen molar-refractivity contribution in [2.75, 3.05) is 26.1 Å². The summed E-state index contributed by atoms with van der Waals surface area (Å²) in [6.45, 7) is 0.732. The summed E-state index contributed by atoms with van der Waals surface area (Å²) < 4.78 is 12.2. The van der Waals surface area contributed by atoms with E-state index in [4.69, 9.17) is 9.47 Å². The van der Waals surface area contributed by atoms with Gasteiger partial charge in [0.25, 0.3) is 0 Å². The van der Waals surface area contributed by atoms with E-state index in [1.54, 1.807) is 35.9 Å². The molecule has 0 radical (unpaired) electrons. The maximum absolute atomic E-state index is 13.2. The second-order valence-electron chi connectivity index (χ2n) is 8.08. The Labute approximate surface area is 193 Å². The van der Waals surface area contributed by atoms with Crippen LogP contribution in [0.15, 0.2) is 54.7 Å². The van der Waals surface area contributed by atoms with Gasteiger partial charge in [0.15, 0.2) is 0 Å². The molecule has 0 aliphatic carbocycles. The van der Waals surface area contributed by atoms with Gasteiger partial charge in [0.2, 0.25) is 11.8 Å². The zero-order chi connectivity index (χ0) is 23.4. The van der Waals surface area contributed by atoms with E-state index in [1.807, 2.05) is 49.6 Å². The van der Waals surface area contributed by atoms with Gasteiger partial charge in [0.1, 0.15) is 17.4 Å². The standard InChI is InChI=1S/C25H28N4O4/c1-28-14-18-15-29(23(30)13-10-17-8-11-19(32-2)12-9-17)16-20(24(18)27-28)25(31)26-21-6-4-5-7-22(21)33-3/h4-9,11-12,14,20H,10,13,15-16H2,1-3H3,(H,26,31)/t20-/m0/s1. The van der Waals surface area contributed by atoms with Gasteiger partial charge in [-0.2, -0.15) is 5.10 Å². The number of fused-ring (bicyclic) bond motifs is 1. The van der Waals surface area contributed by atoms with Crippen molar-refractivity contribution in [3.8, 4) is 11.5 Å². The number of amides is 2. The first-order chi connectivity index (χ1) is 16.0. The first-order valence-electron chi connectivity index (χ1n) is 10.9. The number of para-hydroxylation sites is 2. The zero-order valence-electron chi connectivity index (χ0n) is 19.1. The van der Waals surface area contributed by atoms with Gasteiger partial charge in [0.05, 0.1) is 25.6 Å². The van der Waals surface area contributed by atoms with Gasteiger partial charge in [-0.15, -0.1) is 0 Å². The SMILES string of the molecule is COc1ccc(CCC(=O)N2Cc3cn(C)nc3[C@@H](C(=O)Nc3ccccc3OC)C2)cc1. The van der Waals surface area contributed by atoms with E-state index in [0.29, 0.717) is 36.5 Å². The topological polar surface area (TPSA) is 85.7 Å². The maximum atomic E-state index is 13.2. The van der Waals surface area contributed by atoms with Crippen molar-refractivity contribution >= 4 is 17.5 Å². The van der Waals surface area contributed by atoms with Crippen LogP contribution in [0.2, 0.25) is 0 Å². The van der Waals surface area contributed by atoms with Crippen LogP contribution >= 0.6 is 0 Å². The lowest BCUT2D eigenvalue weighted by atomic mass is 9.95. The molecule has 0 unspecified atom stereocenters. The smallest absolute Gasteiger partial charge is 0.235 e. The number of rotatable bonds is 7. The fourth-order valence-electron chi connectivity index (χ4n) is 4.11. The number of hydrogen-bond acceptors (Lipinski definition) is 5. The van der Waals surface area contributed by atoms with E-state index in [9.17, 15) is 9.59 Å². The van der Waals surface area contributed by atoms with Crippen molar-refractivity contribution in [2.45, 2.75) is 25.3 Å². The second-order valence-corrected chi connectivity index (χ2v) is 8.08. The summed E-state index contributed by atoms with van der Waals surface area (Å²) >= 11 is 0. The van der Waals surface area contributed by atoms with Crippen molar-refractivity contribution in [2.24, 2.45) is 7.05 Å². The van der Waals surface area contributed by atoms with Crippen LogP contribution < -0.4 is 14.8 Å². The molecule has 1 aromatic heterocycles. The monoisotopic (exact) mass is 448 g/mol. The highest BCUT2D eigenvalue weighted by Crippen LogP contribution is 2.31. The summed E-state index contributed by atoms with van der Waals surface area (Å²) in [7, 11) is 5.01. The van der Waals surface area contributed by atoms with Crippen LogP contribution in [-0.4, -0.2) is 47.3 Å². The molecule has 172 valence electrons. The molecule has 0 fully saturated rings. The predicted molar refractivity (Wildman–Crippen MR) is 124 cm³/mol. The molecule has 2 amide bonds. The lowest BCUT2D eigenvalue weighted by Gasteiger charge is -2.31. The van der Waals surface area contributed by atoms with Crippen molar-refractivity contribution in [1.82, 2.24) is 14.7 Å². The van der Waals surface area contributed by atoms with Crippen LogP contribution in [0.25, 0.3) is 0 Å². The Bertz CT molecular complexity index is 1140. The fraction of sp³-hybridized carbons (Fsp3) is 0.320. The number of anilines is 1. The molecule has 1 N–H and O–H groups in total. The molecule has 3 aromatic rings. The summed E-state index contributed by atoms with van der Waals surface area (Å²) in [5, 5.41) is 7.46.